The largest absolute Gasteiger partial charge is 0.358 e. The van der Waals surface area contributed by atoms with Gasteiger partial charge in [0, 0.05) is 31.1 Å². The van der Waals surface area contributed by atoms with Crippen LogP contribution in [0.3, 0.4) is 0 Å². The average Bonchev–Trinajstić information content (AvgIpc) is 2.91. The molecule has 0 spiro atoms. The molecule has 1 fully saturated rings. The summed E-state index contributed by atoms with van der Waals surface area (Å²) in [6.45, 7) is 12.8. The van der Waals surface area contributed by atoms with E-state index in [-0.39, 0.29) is 5.41 Å². The van der Waals surface area contributed by atoms with Gasteiger partial charge in [-0.05, 0) is 32.9 Å². The van der Waals surface area contributed by atoms with Crippen molar-refractivity contribution in [2.45, 2.75) is 46.0 Å². The zero-order chi connectivity index (χ0) is 15.6. The summed E-state index contributed by atoms with van der Waals surface area (Å²) in [7, 11) is 2.09. The van der Waals surface area contributed by atoms with E-state index in [2.05, 4.69) is 42.6 Å². The van der Waals surface area contributed by atoms with Gasteiger partial charge in [-0.2, -0.15) is 0 Å². The van der Waals surface area contributed by atoms with Crippen LogP contribution in [0.2, 0.25) is 5.15 Å². The standard InChI is InChI=1S/C16H27ClN4/c1-12-13(17)18-15(16(2,3)4)19-14(12)20(5)10-11-21-8-6-7-9-21/h6-11H2,1-5H3. The van der Waals surface area contributed by atoms with Crippen molar-refractivity contribution < 1.29 is 0 Å². The number of aromatic nitrogens is 2. The monoisotopic (exact) mass is 310 g/mol. The van der Waals surface area contributed by atoms with Crippen molar-refractivity contribution in [3.8, 4) is 0 Å². The average molecular weight is 311 g/mol. The molecule has 0 saturated carbocycles. The first-order valence-corrected chi connectivity index (χ1v) is 8.15. The summed E-state index contributed by atoms with van der Waals surface area (Å²) in [5.41, 5.74) is 0.871. The number of anilines is 1. The number of nitrogens with zero attached hydrogens (tertiary/aromatic N) is 4. The van der Waals surface area contributed by atoms with Crippen LogP contribution in [-0.4, -0.2) is 48.1 Å². The van der Waals surface area contributed by atoms with Gasteiger partial charge in [0.1, 0.15) is 16.8 Å². The third-order valence-electron chi connectivity index (χ3n) is 4.04. The maximum absolute atomic E-state index is 6.31. The van der Waals surface area contributed by atoms with Gasteiger partial charge in [-0.25, -0.2) is 9.97 Å². The maximum Gasteiger partial charge on any atom is 0.137 e. The molecule has 2 heterocycles. The van der Waals surface area contributed by atoms with Crippen LogP contribution in [0.5, 0.6) is 0 Å². The van der Waals surface area contributed by atoms with E-state index in [0.29, 0.717) is 5.15 Å². The van der Waals surface area contributed by atoms with Crippen LogP contribution in [0.25, 0.3) is 0 Å². The lowest BCUT2D eigenvalue weighted by molar-refractivity contribution is 0.346. The number of halogens is 1. The molecule has 21 heavy (non-hydrogen) atoms. The zero-order valence-electron chi connectivity index (χ0n) is 13.9. The maximum atomic E-state index is 6.31. The minimum atomic E-state index is -0.0954. The molecule has 1 aliphatic rings. The summed E-state index contributed by atoms with van der Waals surface area (Å²) in [5.74, 6) is 1.76. The lowest BCUT2D eigenvalue weighted by Gasteiger charge is -2.26. The molecule has 5 heteroatoms. The molecule has 4 nitrogen and oxygen atoms in total. The Hall–Kier alpha value is -0.870. The highest BCUT2D eigenvalue weighted by Gasteiger charge is 2.22. The van der Waals surface area contributed by atoms with Crippen LogP contribution in [0.1, 0.15) is 45.0 Å². The summed E-state index contributed by atoms with van der Waals surface area (Å²) in [5, 5.41) is 0.568. The molecule has 0 amide bonds. The normalized spacial score (nSPS) is 16.5. The van der Waals surface area contributed by atoms with Crippen molar-refractivity contribution in [1.82, 2.24) is 14.9 Å². The van der Waals surface area contributed by atoms with E-state index >= 15 is 0 Å². The van der Waals surface area contributed by atoms with Gasteiger partial charge in [0.15, 0.2) is 0 Å². The Kier molecular flexibility index (Phi) is 5.10. The van der Waals surface area contributed by atoms with Crippen molar-refractivity contribution in [3.05, 3.63) is 16.5 Å². The number of hydrogen-bond donors (Lipinski definition) is 0. The molecule has 118 valence electrons. The molecule has 1 saturated heterocycles. The summed E-state index contributed by atoms with van der Waals surface area (Å²) in [6.07, 6.45) is 2.66. The van der Waals surface area contributed by atoms with E-state index in [0.717, 1.165) is 30.3 Å². The van der Waals surface area contributed by atoms with E-state index in [1.54, 1.807) is 0 Å². The number of likely N-dealkylation sites (tertiary alicyclic amines) is 1. The molecule has 0 radical (unpaired) electrons. The van der Waals surface area contributed by atoms with E-state index in [4.69, 9.17) is 16.6 Å². The molecule has 1 aromatic heterocycles. The smallest absolute Gasteiger partial charge is 0.137 e. The Morgan fingerprint density at radius 2 is 1.81 bits per heavy atom. The van der Waals surface area contributed by atoms with Crippen molar-refractivity contribution in [1.29, 1.82) is 0 Å². The second kappa shape index (κ2) is 6.49. The predicted octanol–water partition coefficient (Wildman–Crippen LogP) is 3.27. The second-order valence-electron chi connectivity index (χ2n) is 7.01. The van der Waals surface area contributed by atoms with Crippen LogP contribution in [0.4, 0.5) is 5.82 Å². The molecular formula is C16H27ClN4. The van der Waals surface area contributed by atoms with Gasteiger partial charge in [-0.1, -0.05) is 32.4 Å². The van der Waals surface area contributed by atoms with Gasteiger partial charge in [-0.3, -0.25) is 0 Å². The topological polar surface area (TPSA) is 32.3 Å². The lowest BCUT2D eigenvalue weighted by atomic mass is 9.95. The molecule has 1 aromatic rings. The first-order chi connectivity index (χ1) is 9.79. The van der Waals surface area contributed by atoms with E-state index in [1.165, 1.54) is 25.9 Å². The lowest BCUT2D eigenvalue weighted by Crippen LogP contribution is -2.32. The molecule has 0 aromatic carbocycles. The quantitative estimate of drug-likeness (QED) is 0.799. The van der Waals surface area contributed by atoms with Gasteiger partial charge < -0.3 is 9.80 Å². The Bertz CT molecular complexity index is 490. The molecule has 2 rings (SSSR count). The molecule has 0 atom stereocenters. The highest BCUT2D eigenvalue weighted by molar-refractivity contribution is 6.30. The van der Waals surface area contributed by atoms with Crippen molar-refractivity contribution in [3.63, 3.8) is 0 Å². The van der Waals surface area contributed by atoms with E-state index < -0.39 is 0 Å². The molecule has 0 bridgehead atoms. The van der Waals surface area contributed by atoms with Crippen LogP contribution >= 0.6 is 11.6 Å². The van der Waals surface area contributed by atoms with E-state index in [9.17, 15) is 0 Å². The van der Waals surface area contributed by atoms with Gasteiger partial charge in [-0.15, -0.1) is 0 Å². The van der Waals surface area contributed by atoms with Gasteiger partial charge in [0.05, 0.1) is 0 Å². The van der Waals surface area contributed by atoms with Gasteiger partial charge >= 0.3 is 0 Å². The van der Waals surface area contributed by atoms with Crippen LogP contribution in [-0.2, 0) is 5.41 Å². The molecular weight excluding hydrogens is 284 g/mol. The Balaban J connectivity index is 2.14. The number of likely N-dealkylation sites (N-methyl/N-ethyl adjacent to an activating group) is 1. The molecule has 0 aliphatic carbocycles. The predicted molar refractivity (Wildman–Crippen MR) is 89.4 cm³/mol. The molecule has 0 unspecified atom stereocenters. The minimum Gasteiger partial charge on any atom is -0.358 e. The Morgan fingerprint density at radius 3 is 2.38 bits per heavy atom. The summed E-state index contributed by atoms with van der Waals surface area (Å²) < 4.78 is 0. The summed E-state index contributed by atoms with van der Waals surface area (Å²) in [6, 6.07) is 0. The van der Waals surface area contributed by atoms with Crippen LogP contribution in [0, 0.1) is 6.92 Å². The fourth-order valence-corrected chi connectivity index (χ4v) is 2.75. The number of rotatable bonds is 4. The third-order valence-corrected chi connectivity index (χ3v) is 4.41. The van der Waals surface area contributed by atoms with Crippen LogP contribution < -0.4 is 4.90 Å². The van der Waals surface area contributed by atoms with Gasteiger partial charge in [0.2, 0.25) is 0 Å². The van der Waals surface area contributed by atoms with E-state index in [1.807, 2.05) is 6.92 Å². The Labute approximate surface area is 133 Å². The van der Waals surface area contributed by atoms with Crippen molar-refractivity contribution in [2.75, 3.05) is 38.1 Å². The van der Waals surface area contributed by atoms with Crippen molar-refractivity contribution in [2.24, 2.45) is 0 Å². The third kappa shape index (κ3) is 4.07. The SMILES string of the molecule is Cc1c(Cl)nc(C(C)(C)C)nc1N(C)CCN1CCCC1. The second-order valence-corrected chi connectivity index (χ2v) is 7.36. The van der Waals surface area contributed by atoms with Gasteiger partial charge in [0.25, 0.3) is 0 Å². The summed E-state index contributed by atoms with van der Waals surface area (Å²) >= 11 is 6.31. The fraction of sp³-hybridized carbons (Fsp3) is 0.750. The fourth-order valence-electron chi connectivity index (χ4n) is 2.59. The van der Waals surface area contributed by atoms with Crippen molar-refractivity contribution >= 4 is 17.4 Å². The first-order valence-electron chi connectivity index (χ1n) is 7.77. The number of hydrogen-bond acceptors (Lipinski definition) is 4. The highest BCUT2D eigenvalue weighted by atomic mass is 35.5. The molecule has 0 N–H and O–H groups in total. The molecule has 1 aliphatic heterocycles. The minimum absolute atomic E-state index is 0.0954. The summed E-state index contributed by atoms with van der Waals surface area (Å²) in [4.78, 5) is 13.9. The first kappa shape index (κ1) is 16.5. The Morgan fingerprint density at radius 1 is 1.19 bits per heavy atom. The highest BCUT2D eigenvalue weighted by Crippen LogP contribution is 2.27. The zero-order valence-corrected chi connectivity index (χ0v) is 14.7. The van der Waals surface area contributed by atoms with Crippen LogP contribution in [0.15, 0.2) is 0 Å².